The molecule has 0 radical (unpaired) electrons. The molecule has 0 bridgehead atoms. The lowest BCUT2D eigenvalue weighted by Gasteiger charge is -2.40. The normalized spacial score (nSPS) is 32.4. The molecule has 10 N–H and O–H groups in total. The Kier molecular flexibility index (Phi) is 9.16. The van der Waals surface area contributed by atoms with Gasteiger partial charge in [0.15, 0.2) is 29.6 Å². The summed E-state index contributed by atoms with van der Waals surface area (Å²) in [6, 6.07) is -0.790. The predicted molar refractivity (Wildman–Crippen MR) is 168 cm³/mol. The molecular weight excluding hydrogens is 728 g/mol. The molecule has 24 nitrogen and oxygen atoms in total. The number of H-pyrrole nitrogens is 2. The number of phosphoric acid groups is 2. The summed E-state index contributed by atoms with van der Waals surface area (Å²) in [4.78, 5) is 67.0. The average molecular weight is 758 g/mol. The number of aliphatic hydroxyl groups excluding tert-OH is 4. The molecule has 274 valence electrons. The summed E-state index contributed by atoms with van der Waals surface area (Å²) in [5.74, 6) is -0.103. The number of rotatable bonds is 10. The number of nitrogens with two attached hydrogens (primary N) is 1. The lowest BCUT2D eigenvalue weighted by Crippen LogP contribution is -2.54. The summed E-state index contributed by atoms with van der Waals surface area (Å²) in [7, 11) is -10.9. The quantitative estimate of drug-likeness (QED) is 0.0942. The van der Waals surface area contributed by atoms with Gasteiger partial charge in [-0.05, 0) is 6.08 Å². The Labute approximate surface area is 283 Å². The van der Waals surface area contributed by atoms with Gasteiger partial charge in [-0.2, -0.15) is 4.31 Å². The first-order chi connectivity index (χ1) is 24.1. The Morgan fingerprint density at radius 1 is 0.882 bits per heavy atom. The fourth-order valence-corrected chi connectivity index (χ4v) is 8.02. The maximum Gasteiger partial charge on any atom is 0.481 e. The minimum absolute atomic E-state index is 0.0388. The van der Waals surface area contributed by atoms with Crippen molar-refractivity contribution in [1.29, 1.82) is 0 Å². The average Bonchev–Trinajstić information content (AvgIpc) is 3.71. The Balaban J connectivity index is 0.983. The fraction of sp³-hybridized carbons (Fsp3) is 0.440. The molecule has 1 aliphatic carbocycles. The van der Waals surface area contributed by atoms with E-state index in [4.69, 9.17) is 24.3 Å². The highest BCUT2D eigenvalue weighted by atomic mass is 31.3. The number of aliphatic imine (C=N–C) groups is 1. The molecule has 26 heteroatoms. The number of aromatic amines is 2. The summed E-state index contributed by atoms with van der Waals surface area (Å²) in [5.41, 5.74) is 4.48. The second kappa shape index (κ2) is 13.2. The van der Waals surface area contributed by atoms with E-state index >= 15 is 0 Å². The van der Waals surface area contributed by atoms with Crippen LogP contribution in [0.2, 0.25) is 0 Å². The summed E-state index contributed by atoms with van der Waals surface area (Å²) in [6.45, 7) is -1.91. The fourth-order valence-electron chi connectivity index (χ4n) is 5.93. The standard InChI is InChI=1S/C25H29N9O15P2/c26-19-13-20(28-7-27-19)33(8-29-13)23-17(37)15(35)11(47-23)5-45-50(41,42)49-51(43,44)46-6-12-16(36)18(38)24(48-12)34-10-4-2-1-3-9(10)30-14-21(34)31-25(40)32-22(14)39/h1-4,7-8,10-12,15-18,23-24,35-38H,5-6H2,(H,41,42)(H,43,44)(H2,26,27,28)(H2,31,32,39,40)/t10?,11-,12-,15-,16-,17-,18-,23-,24?/m1/s1. The van der Waals surface area contributed by atoms with E-state index in [1.807, 2.05) is 4.98 Å². The van der Waals surface area contributed by atoms with Gasteiger partial charge in [0.1, 0.15) is 54.3 Å². The number of fused-ring (bicyclic) bond motifs is 3. The van der Waals surface area contributed by atoms with E-state index in [0.717, 1.165) is 6.33 Å². The van der Waals surface area contributed by atoms with Crippen molar-refractivity contribution in [2.45, 2.75) is 55.1 Å². The van der Waals surface area contributed by atoms with E-state index < -0.39 is 95.2 Å². The van der Waals surface area contributed by atoms with Crippen LogP contribution in [-0.2, 0) is 32.0 Å². The van der Waals surface area contributed by atoms with Crippen LogP contribution in [0.25, 0.3) is 11.2 Å². The van der Waals surface area contributed by atoms with Crippen molar-refractivity contribution in [2.75, 3.05) is 23.8 Å². The lowest BCUT2D eigenvalue weighted by atomic mass is 10.0. The van der Waals surface area contributed by atoms with Gasteiger partial charge in [-0.3, -0.25) is 28.4 Å². The number of phosphoric ester groups is 2. The zero-order chi connectivity index (χ0) is 36.4. The highest BCUT2D eigenvalue weighted by molar-refractivity contribution is 7.61. The molecular formula is C25H29N9O15P2. The van der Waals surface area contributed by atoms with Crippen LogP contribution < -0.4 is 21.9 Å². The predicted octanol–water partition coefficient (Wildman–Crippen LogP) is -2.81. The summed E-state index contributed by atoms with van der Waals surface area (Å²) in [6.07, 6.45) is -3.83. The molecule has 4 aliphatic rings. The van der Waals surface area contributed by atoms with Crippen LogP contribution >= 0.6 is 15.6 Å². The van der Waals surface area contributed by atoms with Gasteiger partial charge in [0.2, 0.25) is 0 Å². The molecule has 4 unspecified atom stereocenters. The van der Waals surface area contributed by atoms with Crippen molar-refractivity contribution in [3.63, 3.8) is 0 Å². The smallest absolute Gasteiger partial charge is 0.387 e. The second-order valence-electron chi connectivity index (χ2n) is 11.5. The van der Waals surface area contributed by atoms with Crippen LogP contribution in [0.4, 0.5) is 17.3 Å². The molecule has 3 aromatic rings. The number of nitrogen functional groups attached to an aromatic ring is 1. The first-order valence-electron chi connectivity index (χ1n) is 14.8. The highest BCUT2D eigenvalue weighted by Gasteiger charge is 2.51. The molecule has 2 fully saturated rings. The number of aliphatic hydroxyl groups is 4. The Hall–Kier alpha value is -4.00. The molecule has 6 heterocycles. The molecule has 0 spiro atoms. The van der Waals surface area contributed by atoms with Crippen LogP contribution in [0.5, 0.6) is 0 Å². The zero-order valence-corrected chi connectivity index (χ0v) is 27.4. The van der Waals surface area contributed by atoms with Crippen molar-refractivity contribution >= 4 is 49.8 Å². The van der Waals surface area contributed by atoms with Gasteiger partial charge in [0.25, 0.3) is 5.56 Å². The third-order valence-electron chi connectivity index (χ3n) is 8.29. The molecule has 7 rings (SSSR count). The SMILES string of the molecule is Nc1ncnc2c1ncn2[C@@H]1O[C@H](COP(=O)(O)OP(=O)(O)OC[C@H]2OC(N3c4[nH]c(=O)[nH]c(=O)c4N=C4C=CC=CC43)[C@H](O)[C@@H]2O)[C@@H](O)[C@H]1O. The highest BCUT2D eigenvalue weighted by Crippen LogP contribution is 2.60. The summed E-state index contributed by atoms with van der Waals surface area (Å²) in [5, 5.41) is 42.8. The third kappa shape index (κ3) is 6.62. The third-order valence-corrected chi connectivity index (χ3v) is 10.9. The van der Waals surface area contributed by atoms with Crippen molar-refractivity contribution < 1.29 is 62.2 Å². The van der Waals surface area contributed by atoms with Gasteiger partial charge >= 0.3 is 21.3 Å². The molecule has 0 aromatic carbocycles. The molecule has 0 amide bonds. The van der Waals surface area contributed by atoms with E-state index in [0.29, 0.717) is 5.71 Å². The number of anilines is 2. The van der Waals surface area contributed by atoms with Gasteiger partial charge in [0, 0.05) is 0 Å². The number of nitrogens with one attached hydrogen (secondary N) is 2. The van der Waals surface area contributed by atoms with Gasteiger partial charge < -0.3 is 50.3 Å². The monoisotopic (exact) mass is 757 g/mol. The van der Waals surface area contributed by atoms with Gasteiger partial charge in [-0.1, -0.05) is 18.2 Å². The number of imidazole rings is 1. The van der Waals surface area contributed by atoms with Crippen LogP contribution in [0.3, 0.4) is 0 Å². The van der Waals surface area contributed by atoms with Crippen molar-refractivity contribution in [3.05, 3.63) is 57.8 Å². The van der Waals surface area contributed by atoms with Crippen LogP contribution in [0.1, 0.15) is 6.23 Å². The zero-order valence-electron chi connectivity index (χ0n) is 25.6. The first-order valence-corrected chi connectivity index (χ1v) is 17.8. The summed E-state index contributed by atoms with van der Waals surface area (Å²) >= 11 is 0. The van der Waals surface area contributed by atoms with Crippen LogP contribution in [0, 0.1) is 0 Å². The van der Waals surface area contributed by atoms with Crippen LogP contribution in [-0.4, -0.2) is 128 Å². The summed E-state index contributed by atoms with van der Waals surface area (Å²) < 4.78 is 51.8. The molecule has 3 aromatic heterocycles. The molecule has 2 saturated heterocycles. The lowest BCUT2D eigenvalue weighted by molar-refractivity contribution is -0.0507. The largest absolute Gasteiger partial charge is 0.481 e. The van der Waals surface area contributed by atoms with Gasteiger partial charge in [-0.25, -0.2) is 33.9 Å². The van der Waals surface area contributed by atoms with E-state index in [2.05, 4.69) is 29.2 Å². The van der Waals surface area contributed by atoms with Crippen LogP contribution in [0.15, 0.2) is 51.5 Å². The Morgan fingerprint density at radius 2 is 1.53 bits per heavy atom. The number of aromatic nitrogens is 6. The molecule has 51 heavy (non-hydrogen) atoms. The van der Waals surface area contributed by atoms with Crippen molar-refractivity contribution in [2.24, 2.45) is 4.99 Å². The van der Waals surface area contributed by atoms with E-state index in [1.165, 1.54) is 15.8 Å². The van der Waals surface area contributed by atoms with Gasteiger partial charge in [-0.15, -0.1) is 0 Å². The minimum atomic E-state index is -5.47. The molecule has 3 aliphatic heterocycles. The van der Waals surface area contributed by atoms with Crippen molar-refractivity contribution in [1.82, 2.24) is 29.5 Å². The number of hydrogen-bond acceptors (Lipinski definition) is 19. The van der Waals surface area contributed by atoms with E-state index in [-0.39, 0.29) is 28.5 Å². The Morgan fingerprint density at radius 3 is 2.22 bits per heavy atom. The van der Waals surface area contributed by atoms with Crippen molar-refractivity contribution in [3.8, 4) is 0 Å². The van der Waals surface area contributed by atoms with E-state index in [1.54, 1.807) is 24.3 Å². The maximum absolute atomic E-state index is 12.7. The number of nitrogens with zero attached hydrogens (tertiary/aromatic N) is 6. The first kappa shape index (κ1) is 35.4. The molecule has 0 saturated carbocycles. The second-order valence-corrected chi connectivity index (χ2v) is 14.6. The number of hydrogen-bond donors (Lipinski definition) is 9. The number of allylic oxidation sites excluding steroid dienone is 2. The number of ether oxygens (including phenoxy) is 2. The van der Waals surface area contributed by atoms with Gasteiger partial charge in [0.05, 0.1) is 31.3 Å². The molecule has 11 atom stereocenters. The topological polar surface area (TPSA) is 353 Å². The Bertz CT molecular complexity index is 2150. The van der Waals surface area contributed by atoms with E-state index in [9.17, 15) is 48.9 Å². The minimum Gasteiger partial charge on any atom is -0.387 e. The maximum atomic E-state index is 12.7.